The van der Waals surface area contributed by atoms with Gasteiger partial charge in [0.1, 0.15) is 11.6 Å². The van der Waals surface area contributed by atoms with E-state index in [2.05, 4.69) is 28.2 Å². The average Bonchev–Trinajstić information content (AvgIpc) is 2.47. The van der Waals surface area contributed by atoms with Gasteiger partial charge in [0, 0.05) is 10.5 Å². The molecule has 0 saturated heterocycles. The van der Waals surface area contributed by atoms with Crippen LogP contribution in [0.4, 0.5) is 10.1 Å². The molecule has 0 radical (unpaired) electrons. The standard InChI is InChI=1S/C16H17BrFNO/c1-3-15(11-4-6-12(17)7-5-11)19-16-10-13(20-2)8-9-14(16)18/h4-10,15,19H,3H2,1-2H3. The number of hydrogen-bond donors (Lipinski definition) is 1. The van der Waals surface area contributed by atoms with Crippen LogP contribution in [0.2, 0.25) is 0 Å². The van der Waals surface area contributed by atoms with Crippen LogP contribution in [0.3, 0.4) is 0 Å². The van der Waals surface area contributed by atoms with Crippen LogP contribution in [0.15, 0.2) is 46.9 Å². The molecule has 0 amide bonds. The van der Waals surface area contributed by atoms with Crippen molar-refractivity contribution in [3.05, 3.63) is 58.3 Å². The first-order valence-corrected chi connectivity index (χ1v) is 7.29. The molecule has 0 aliphatic carbocycles. The number of benzene rings is 2. The largest absolute Gasteiger partial charge is 0.497 e. The number of anilines is 1. The molecule has 106 valence electrons. The second-order valence-electron chi connectivity index (χ2n) is 4.50. The maximum atomic E-state index is 13.9. The predicted octanol–water partition coefficient (Wildman–Crippen LogP) is 5.16. The minimum absolute atomic E-state index is 0.0599. The van der Waals surface area contributed by atoms with Crippen LogP contribution in [0.25, 0.3) is 0 Å². The van der Waals surface area contributed by atoms with E-state index in [1.54, 1.807) is 19.2 Å². The molecule has 0 saturated carbocycles. The van der Waals surface area contributed by atoms with E-state index in [0.717, 1.165) is 16.5 Å². The van der Waals surface area contributed by atoms with Gasteiger partial charge in [0.15, 0.2) is 0 Å². The first kappa shape index (κ1) is 14.9. The number of methoxy groups -OCH3 is 1. The van der Waals surface area contributed by atoms with E-state index in [-0.39, 0.29) is 11.9 Å². The van der Waals surface area contributed by atoms with E-state index in [1.807, 2.05) is 24.3 Å². The van der Waals surface area contributed by atoms with E-state index >= 15 is 0 Å². The second kappa shape index (κ2) is 6.75. The van der Waals surface area contributed by atoms with Gasteiger partial charge in [0.25, 0.3) is 0 Å². The second-order valence-corrected chi connectivity index (χ2v) is 5.42. The number of rotatable bonds is 5. The lowest BCUT2D eigenvalue weighted by Gasteiger charge is -2.19. The van der Waals surface area contributed by atoms with Crippen molar-refractivity contribution in [1.29, 1.82) is 0 Å². The molecule has 2 aromatic carbocycles. The molecule has 0 spiro atoms. The van der Waals surface area contributed by atoms with Crippen LogP contribution in [-0.4, -0.2) is 7.11 Å². The van der Waals surface area contributed by atoms with Gasteiger partial charge in [-0.25, -0.2) is 4.39 Å². The molecule has 2 nitrogen and oxygen atoms in total. The Bertz CT molecular complexity index is 571. The number of halogens is 2. The van der Waals surface area contributed by atoms with Gasteiger partial charge in [0.05, 0.1) is 18.8 Å². The predicted molar refractivity (Wildman–Crippen MR) is 83.7 cm³/mol. The summed E-state index contributed by atoms with van der Waals surface area (Å²) >= 11 is 3.42. The quantitative estimate of drug-likeness (QED) is 0.813. The normalized spacial score (nSPS) is 12.0. The maximum Gasteiger partial charge on any atom is 0.146 e. The Morgan fingerprint density at radius 1 is 1.20 bits per heavy atom. The smallest absolute Gasteiger partial charge is 0.146 e. The molecule has 0 aromatic heterocycles. The zero-order chi connectivity index (χ0) is 14.5. The maximum absolute atomic E-state index is 13.9. The highest BCUT2D eigenvalue weighted by molar-refractivity contribution is 9.10. The summed E-state index contributed by atoms with van der Waals surface area (Å²) in [6, 6.07) is 12.8. The Labute approximate surface area is 127 Å². The SMILES string of the molecule is CCC(Nc1cc(OC)ccc1F)c1ccc(Br)cc1. The molecule has 1 atom stereocenters. The van der Waals surface area contributed by atoms with Crippen molar-refractivity contribution in [3.8, 4) is 5.75 Å². The third-order valence-electron chi connectivity index (χ3n) is 3.18. The van der Waals surface area contributed by atoms with Crippen LogP contribution in [0, 0.1) is 5.82 Å². The van der Waals surface area contributed by atoms with Gasteiger partial charge in [-0.2, -0.15) is 0 Å². The Balaban J connectivity index is 2.23. The fraction of sp³-hybridized carbons (Fsp3) is 0.250. The van der Waals surface area contributed by atoms with Crippen LogP contribution < -0.4 is 10.1 Å². The molecular formula is C16H17BrFNO. The molecule has 0 bridgehead atoms. The summed E-state index contributed by atoms with van der Waals surface area (Å²) in [5.74, 6) is 0.362. The molecular weight excluding hydrogens is 321 g/mol. The van der Waals surface area contributed by atoms with Crippen molar-refractivity contribution in [3.63, 3.8) is 0 Å². The monoisotopic (exact) mass is 337 g/mol. The Morgan fingerprint density at radius 3 is 2.50 bits per heavy atom. The lowest BCUT2D eigenvalue weighted by Crippen LogP contribution is -2.10. The summed E-state index contributed by atoms with van der Waals surface area (Å²) in [6.45, 7) is 2.07. The van der Waals surface area contributed by atoms with Crippen molar-refractivity contribution < 1.29 is 9.13 Å². The van der Waals surface area contributed by atoms with Gasteiger partial charge in [-0.3, -0.25) is 0 Å². The first-order valence-electron chi connectivity index (χ1n) is 6.49. The van der Waals surface area contributed by atoms with Gasteiger partial charge < -0.3 is 10.1 Å². The molecule has 2 aromatic rings. The lowest BCUT2D eigenvalue weighted by atomic mass is 10.0. The van der Waals surface area contributed by atoms with Crippen LogP contribution in [-0.2, 0) is 0 Å². The van der Waals surface area contributed by atoms with E-state index in [4.69, 9.17) is 4.74 Å². The topological polar surface area (TPSA) is 21.3 Å². The fourth-order valence-corrected chi connectivity index (χ4v) is 2.31. The van der Waals surface area contributed by atoms with Gasteiger partial charge in [-0.1, -0.05) is 35.0 Å². The summed E-state index contributed by atoms with van der Waals surface area (Å²) in [4.78, 5) is 0. The zero-order valence-corrected chi connectivity index (χ0v) is 13.1. The Hall–Kier alpha value is -1.55. The van der Waals surface area contributed by atoms with Gasteiger partial charge in [-0.05, 0) is 36.2 Å². The third kappa shape index (κ3) is 3.51. The van der Waals surface area contributed by atoms with Gasteiger partial charge >= 0.3 is 0 Å². The molecule has 1 N–H and O–H groups in total. The highest BCUT2D eigenvalue weighted by Crippen LogP contribution is 2.28. The molecule has 0 aliphatic heterocycles. The van der Waals surface area contributed by atoms with E-state index < -0.39 is 0 Å². The molecule has 0 aliphatic rings. The van der Waals surface area contributed by atoms with E-state index in [0.29, 0.717) is 11.4 Å². The van der Waals surface area contributed by atoms with Gasteiger partial charge in [-0.15, -0.1) is 0 Å². The lowest BCUT2D eigenvalue weighted by molar-refractivity contribution is 0.414. The average molecular weight is 338 g/mol. The number of nitrogens with one attached hydrogen (secondary N) is 1. The van der Waals surface area contributed by atoms with Crippen molar-refractivity contribution in [2.24, 2.45) is 0 Å². The molecule has 2 rings (SSSR count). The minimum Gasteiger partial charge on any atom is -0.497 e. The third-order valence-corrected chi connectivity index (χ3v) is 3.71. The van der Waals surface area contributed by atoms with Crippen LogP contribution in [0.1, 0.15) is 24.9 Å². The van der Waals surface area contributed by atoms with Gasteiger partial charge in [0.2, 0.25) is 0 Å². The van der Waals surface area contributed by atoms with E-state index in [9.17, 15) is 4.39 Å². The molecule has 1 unspecified atom stereocenters. The minimum atomic E-state index is -0.277. The number of ether oxygens (including phenoxy) is 1. The van der Waals surface area contributed by atoms with E-state index in [1.165, 1.54) is 6.07 Å². The summed E-state index contributed by atoms with van der Waals surface area (Å²) < 4.78 is 20.0. The Morgan fingerprint density at radius 2 is 1.90 bits per heavy atom. The van der Waals surface area contributed by atoms with Crippen LogP contribution in [0.5, 0.6) is 5.75 Å². The van der Waals surface area contributed by atoms with Crippen molar-refractivity contribution >= 4 is 21.6 Å². The summed E-state index contributed by atoms with van der Waals surface area (Å²) in [6.07, 6.45) is 0.859. The summed E-state index contributed by atoms with van der Waals surface area (Å²) in [5, 5.41) is 3.24. The fourth-order valence-electron chi connectivity index (χ4n) is 2.05. The zero-order valence-electron chi connectivity index (χ0n) is 11.5. The number of hydrogen-bond acceptors (Lipinski definition) is 2. The van der Waals surface area contributed by atoms with Crippen molar-refractivity contribution in [1.82, 2.24) is 0 Å². The molecule has 20 heavy (non-hydrogen) atoms. The molecule has 4 heteroatoms. The van der Waals surface area contributed by atoms with Crippen molar-refractivity contribution in [2.75, 3.05) is 12.4 Å². The summed E-state index contributed by atoms with van der Waals surface area (Å²) in [7, 11) is 1.57. The highest BCUT2D eigenvalue weighted by atomic mass is 79.9. The molecule has 0 fully saturated rings. The first-order chi connectivity index (χ1) is 9.63. The Kier molecular flexibility index (Phi) is 5.01. The van der Waals surface area contributed by atoms with Crippen LogP contribution >= 0.6 is 15.9 Å². The summed E-state index contributed by atoms with van der Waals surface area (Å²) in [5.41, 5.74) is 1.58. The highest BCUT2D eigenvalue weighted by Gasteiger charge is 2.12. The van der Waals surface area contributed by atoms with Crippen molar-refractivity contribution in [2.45, 2.75) is 19.4 Å². The molecule has 0 heterocycles.